The number of fused-ring (bicyclic) bond motifs is 4. The molecular formula is C80H101Br4Cl5MgN16O13. The van der Waals surface area contributed by atoms with Crippen molar-refractivity contribution >= 4 is 190 Å². The van der Waals surface area contributed by atoms with E-state index in [0.717, 1.165) is 104 Å². The molecule has 0 amide bonds. The second-order valence-electron chi connectivity index (χ2n) is 26.1. The smallest absolute Gasteiger partial charge is 1.00 e. The SMILES string of the molecule is C.C.C1CCOC1.CCCCC(=O)c1nc2c(c(=O)n(C)c(=O)n2C)n1Cc1cccc(Br)c1.CCCCC(O)c1nc2c(c(=O)n(C)c(=O)n2C)n1Cc1cccc(Br)c1.ClCCl.ClCCl.Cn1c(=O)c2c(nc(C=O)n2Cc2cccc(Br)c2)n(C)c1=O.Cn1c(=O)c2c(nc(CO)n2Cc2cccc(Br)c2)n(C)c1=O.[CH2-]CCC.[Cl-].[Mg+2]. The number of Topliss-reactive ketones (excluding diaryl/α,β-unsaturated/α-hetero) is 1. The summed E-state index contributed by atoms with van der Waals surface area (Å²) in [5.41, 5.74) is 2.27. The summed E-state index contributed by atoms with van der Waals surface area (Å²) in [5, 5.41) is 20.7. The normalized spacial score (nSPS) is 11.3. The molecule has 2 N–H and O–H groups in total. The van der Waals surface area contributed by atoms with E-state index < -0.39 is 51.1 Å². The number of hydrogen-bond acceptors (Lipinski definition) is 17. The number of benzene rings is 4. The van der Waals surface area contributed by atoms with Crippen LogP contribution in [0.1, 0.15) is 161 Å². The van der Waals surface area contributed by atoms with Crippen molar-refractivity contribution in [2.45, 2.75) is 139 Å². The Morgan fingerprint density at radius 1 is 0.496 bits per heavy atom. The summed E-state index contributed by atoms with van der Waals surface area (Å²) in [6.07, 6.45) is 8.94. The predicted octanol–water partition coefficient (Wildman–Crippen LogP) is 10.0. The Morgan fingerprint density at radius 3 is 1.15 bits per heavy atom. The van der Waals surface area contributed by atoms with Crippen LogP contribution in [0.4, 0.5) is 0 Å². The molecule has 12 aromatic rings. The molecule has 0 spiro atoms. The Kier molecular flexibility index (Phi) is 47.5. The van der Waals surface area contributed by atoms with Gasteiger partial charge in [-0.2, -0.15) is 6.42 Å². The van der Waals surface area contributed by atoms with Crippen LogP contribution < -0.4 is 57.4 Å². The first-order valence-electron chi connectivity index (χ1n) is 36.3. The third-order valence-corrected chi connectivity index (χ3v) is 20.0. The molecule has 9 heterocycles. The van der Waals surface area contributed by atoms with Crippen LogP contribution in [0.3, 0.4) is 0 Å². The van der Waals surface area contributed by atoms with Gasteiger partial charge in [-0.25, -0.2) is 39.1 Å². The molecule has 13 rings (SSSR count). The molecule has 1 unspecified atom stereocenters. The fraction of sp³-hybridized carbons (Fsp3) is 0.412. The summed E-state index contributed by atoms with van der Waals surface area (Å²) in [7, 11) is 11.9. The first kappa shape index (κ1) is 108. The number of halogens is 9. The van der Waals surface area contributed by atoms with Gasteiger partial charge >= 0.3 is 45.8 Å². The van der Waals surface area contributed by atoms with Gasteiger partial charge in [-0.1, -0.05) is 174 Å². The van der Waals surface area contributed by atoms with E-state index in [2.05, 4.69) is 104 Å². The minimum atomic E-state index is -0.802. The fourth-order valence-corrected chi connectivity index (χ4v) is 13.7. The first-order chi connectivity index (χ1) is 54.8. The number of aldehydes is 1. The van der Waals surface area contributed by atoms with Crippen LogP contribution in [0, 0.1) is 6.92 Å². The summed E-state index contributed by atoms with van der Waals surface area (Å²) in [4.78, 5) is 141. The quantitative estimate of drug-likeness (QED) is 0.0250. The van der Waals surface area contributed by atoms with Crippen molar-refractivity contribution in [3.05, 3.63) is 251 Å². The molecule has 8 aromatic heterocycles. The van der Waals surface area contributed by atoms with Crippen LogP contribution in [0.25, 0.3) is 44.7 Å². The van der Waals surface area contributed by atoms with Gasteiger partial charge in [0.25, 0.3) is 22.2 Å². The van der Waals surface area contributed by atoms with Gasteiger partial charge in [0, 0.05) is 107 Å². The van der Waals surface area contributed by atoms with Gasteiger partial charge in [-0.3, -0.25) is 65.3 Å². The second-order valence-corrected chi connectivity index (χ2v) is 31.4. The van der Waals surface area contributed by atoms with Crippen molar-refractivity contribution in [3.63, 3.8) is 0 Å². The summed E-state index contributed by atoms with van der Waals surface area (Å²) in [6.45, 7) is 12.8. The number of carbonyl (C=O) groups is 2. The fourth-order valence-electron chi connectivity index (χ4n) is 11.9. The molecule has 1 aliphatic rings. The Labute approximate surface area is 764 Å². The molecule has 39 heteroatoms. The van der Waals surface area contributed by atoms with E-state index >= 15 is 0 Å². The summed E-state index contributed by atoms with van der Waals surface area (Å²) in [6, 6.07) is 30.6. The number of unbranched alkanes of at least 4 members (excludes halogenated alkanes) is 3. The second kappa shape index (κ2) is 52.3. The number of nitrogens with zero attached hydrogens (tertiary/aromatic N) is 16. The van der Waals surface area contributed by atoms with E-state index in [-0.39, 0.29) is 113 Å². The number of imidazole rings is 4. The molecular weight excluding hydrogens is 1910 g/mol. The van der Waals surface area contributed by atoms with Gasteiger partial charge in [-0.05, 0) is 96.5 Å². The maximum Gasteiger partial charge on any atom is 2.00 e. The average molecular weight is 2020 g/mol. The predicted molar refractivity (Wildman–Crippen MR) is 486 cm³/mol. The molecule has 0 radical (unpaired) electrons. The van der Waals surface area contributed by atoms with Crippen molar-refractivity contribution in [1.29, 1.82) is 0 Å². The first-order valence-corrected chi connectivity index (χ1v) is 41.6. The van der Waals surface area contributed by atoms with Crippen molar-refractivity contribution in [3.8, 4) is 0 Å². The number of aryl methyl sites for hydroxylation is 4. The third-order valence-electron chi connectivity index (χ3n) is 18.0. The number of ether oxygens (including phenoxy) is 1. The number of rotatable bonds is 19. The van der Waals surface area contributed by atoms with E-state index in [1.807, 2.05) is 104 Å². The Bertz CT molecular complexity index is 5890. The molecule has 0 saturated carbocycles. The van der Waals surface area contributed by atoms with Gasteiger partial charge in [0.1, 0.15) is 24.4 Å². The Hall–Kier alpha value is -7.16. The standard InChI is InChI=1S/C19H23BrN4O3.C19H21BrN4O3.C15H15BrN4O3.C15H13BrN4O3.C4H8O.C4H9.2CH2Cl2.2CH4.ClH.Mg/c2*1-4-5-9-14(25)16-21-17-15(18(26)23(3)19(27)22(17)2)24(16)11-12-7-6-8-13(20)10-12;2*1-18-13-12(14(22)19(2)15(18)23)20(11(8-21)17-13)7-9-4-3-5-10(16)6-9;1-2-4-5-3-1;1-3-4-2;2*2-1-3;;;;/h6-8,10,14,25H,4-5,9,11H2,1-3H3;6-8,10H,4-5,9,11H2,1-3H3;3-6,21H,7-8H2,1-2H3;3-6,8H,7H2,1-2H3;1-4H2;1,3-4H2,2H3;2*1H2;2*1H4;1H;/q;;;;;-1;;;;;;+2/p-1. The Balaban J connectivity index is 0.000000502. The monoisotopic (exact) mass is 2010 g/mol. The number of hydrogen-bond donors (Lipinski definition) is 2. The Morgan fingerprint density at radius 2 is 0.815 bits per heavy atom. The van der Waals surface area contributed by atoms with Crippen LogP contribution in [0.2, 0.25) is 0 Å². The zero-order valence-corrected chi connectivity index (χ0v) is 78.2. The van der Waals surface area contributed by atoms with Gasteiger partial charge in [0.2, 0.25) is 0 Å². The maximum atomic E-state index is 12.8. The van der Waals surface area contributed by atoms with E-state index in [4.69, 9.17) is 51.1 Å². The third kappa shape index (κ3) is 27.4. The minimum Gasteiger partial charge on any atom is -1.00 e. The maximum absolute atomic E-state index is 12.8. The number of aromatic nitrogens is 16. The summed E-state index contributed by atoms with van der Waals surface area (Å²) < 4.78 is 24.6. The number of ketones is 1. The molecule has 119 heavy (non-hydrogen) atoms. The average Bonchev–Trinajstić information content (AvgIpc) is 1.62. The van der Waals surface area contributed by atoms with Crippen molar-refractivity contribution in [1.82, 2.24) is 74.7 Å². The van der Waals surface area contributed by atoms with E-state index in [0.29, 0.717) is 73.6 Å². The van der Waals surface area contributed by atoms with Crippen LogP contribution in [0.5, 0.6) is 0 Å². The molecule has 1 fully saturated rings. The number of aliphatic hydroxyl groups excluding tert-OH is 2. The van der Waals surface area contributed by atoms with E-state index in [9.17, 15) is 58.2 Å². The molecule has 1 aliphatic heterocycles. The molecule has 0 bridgehead atoms. The number of aliphatic hydroxyl groups is 2. The molecule has 1 saturated heterocycles. The van der Waals surface area contributed by atoms with Gasteiger partial charge in [0.05, 0.1) is 23.8 Å². The van der Waals surface area contributed by atoms with Gasteiger partial charge in [0.15, 0.2) is 68.4 Å². The van der Waals surface area contributed by atoms with Crippen LogP contribution >= 0.6 is 110 Å². The van der Waals surface area contributed by atoms with Crippen LogP contribution in [-0.4, -0.2) is 144 Å². The van der Waals surface area contributed by atoms with Crippen LogP contribution in [-0.2, 0) is 93.9 Å². The van der Waals surface area contributed by atoms with E-state index in [1.165, 1.54) is 77.3 Å². The molecule has 29 nitrogen and oxygen atoms in total. The van der Waals surface area contributed by atoms with Crippen molar-refractivity contribution < 1.29 is 36.9 Å². The van der Waals surface area contributed by atoms with Gasteiger partial charge in [-0.15, -0.1) is 46.4 Å². The van der Waals surface area contributed by atoms with Crippen molar-refractivity contribution in [2.75, 3.05) is 23.9 Å². The number of alkyl halides is 4. The van der Waals surface area contributed by atoms with E-state index in [1.54, 1.807) is 34.8 Å². The van der Waals surface area contributed by atoms with Crippen LogP contribution in [0.15, 0.2) is 153 Å². The summed E-state index contributed by atoms with van der Waals surface area (Å²) >= 11 is 32.8. The molecule has 644 valence electrons. The largest absolute Gasteiger partial charge is 2.00 e. The molecule has 0 aliphatic carbocycles. The van der Waals surface area contributed by atoms with Crippen molar-refractivity contribution in [2.24, 2.45) is 56.4 Å². The summed E-state index contributed by atoms with van der Waals surface area (Å²) in [5.74, 6) is 0.961. The molecule has 1 atom stereocenters. The minimum absolute atomic E-state index is 0. The zero-order valence-electron chi connectivity index (χ0n) is 66.7. The topological polar surface area (TPSA) is 331 Å². The van der Waals surface area contributed by atoms with Gasteiger partial charge < -0.3 is 52.5 Å². The molecule has 4 aromatic carbocycles. The number of carbonyl (C=O) groups excluding carboxylic acids is 2. The zero-order chi connectivity index (χ0) is 85.2.